The molecule has 0 unspecified atom stereocenters. The van der Waals surface area contributed by atoms with E-state index in [1.165, 1.54) is 22.7 Å². The largest absolute Gasteiger partial charge is 0.326 e. The predicted octanol–water partition coefficient (Wildman–Crippen LogP) is 2.76. The molecule has 1 aliphatic rings. The number of hydrogen-bond acceptors (Lipinski definition) is 5. The second-order valence-corrected chi connectivity index (χ2v) is 7.15. The molecular weight excluding hydrogens is 306 g/mol. The van der Waals surface area contributed by atoms with E-state index in [0.717, 1.165) is 17.7 Å². The smallest absolute Gasteiger partial charge is 0.264 e. The Morgan fingerprint density at radius 3 is 2.86 bits per heavy atom. The van der Waals surface area contributed by atoms with Crippen molar-refractivity contribution in [1.29, 1.82) is 0 Å². The van der Waals surface area contributed by atoms with Gasteiger partial charge in [0, 0.05) is 17.1 Å². The molecule has 110 valence electrons. The third-order valence-corrected chi connectivity index (χ3v) is 4.85. The van der Waals surface area contributed by atoms with E-state index in [0.29, 0.717) is 10.0 Å². The topological polar surface area (TPSA) is 62.3 Å². The molecule has 1 fully saturated rings. The molecular formula is C14H15N3O2S2. The number of thiazole rings is 1. The van der Waals surface area contributed by atoms with Crippen LogP contribution in [0.1, 0.15) is 27.4 Å². The zero-order valence-corrected chi connectivity index (χ0v) is 13.2. The summed E-state index contributed by atoms with van der Waals surface area (Å²) < 4.78 is 0. The van der Waals surface area contributed by atoms with Crippen LogP contribution in [-0.2, 0) is 4.79 Å². The van der Waals surface area contributed by atoms with Crippen molar-refractivity contribution < 1.29 is 9.59 Å². The fourth-order valence-electron chi connectivity index (χ4n) is 2.02. The summed E-state index contributed by atoms with van der Waals surface area (Å²) >= 11 is 2.83. The first-order valence-electron chi connectivity index (χ1n) is 6.70. The van der Waals surface area contributed by atoms with Crippen LogP contribution in [-0.4, -0.2) is 34.3 Å². The lowest BCUT2D eigenvalue weighted by molar-refractivity contribution is -0.117. The fraction of sp³-hybridized carbons (Fsp3) is 0.357. The summed E-state index contributed by atoms with van der Waals surface area (Å²) in [5.41, 5.74) is 0. The third-order valence-electron chi connectivity index (χ3n) is 3.16. The van der Waals surface area contributed by atoms with Crippen molar-refractivity contribution in [3.05, 3.63) is 33.5 Å². The number of amides is 2. The van der Waals surface area contributed by atoms with Crippen molar-refractivity contribution in [3.63, 3.8) is 0 Å². The lowest BCUT2D eigenvalue weighted by atomic mass is 10.3. The van der Waals surface area contributed by atoms with E-state index in [1.807, 2.05) is 18.4 Å². The van der Waals surface area contributed by atoms with Gasteiger partial charge in [-0.1, -0.05) is 6.07 Å². The Kier molecular flexibility index (Phi) is 4.03. The van der Waals surface area contributed by atoms with Gasteiger partial charge in [-0.3, -0.25) is 9.59 Å². The van der Waals surface area contributed by atoms with Crippen molar-refractivity contribution >= 4 is 39.6 Å². The van der Waals surface area contributed by atoms with Crippen molar-refractivity contribution in [2.24, 2.45) is 0 Å². The van der Waals surface area contributed by atoms with Gasteiger partial charge in [0.2, 0.25) is 5.91 Å². The monoisotopic (exact) mass is 321 g/mol. The molecule has 2 aromatic rings. The van der Waals surface area contributed by atoms with Gasteiger partial charge in [0.15, 0.2) is 5.13 Å². The molecule has 2 heterocycles. The van der Waals surface area contributed by atoms with Gasteiger partial charge in [0.25, 0.3) is 5.91 Å². The zero-order chi connectivity index (χ0) is 14.8. The van der Waals surface area contributed by atoms with Crippen LogP contribution in [0.5, 0.6) is 0 Å². The minimum Gasteiger partial charge on any atom is -0.326 e. The van der Waals surface area contributed by atoms with E-state index in [4.69, 9.17) is 0 Å². The number of thiophene rings is 1. The SMILES string of the molecule is Cc1cnc(NC(=O)CN(C(=O)c2cccs2)C2CC2)s1. The Labute approximate surface area is 130 Å². The number of carbonyl (C=O) groups is 2. The first-order chi connectivity index (χ1) is 10.1. The summed E-state index contributed by atoms with van der Waals surface area (Å²) in [6.45, 7) is 2.02. The zero-order valence-electron chi connectivity index (χ0n) is 11.5. The minimum atomic E-state index is -0.193. The maximum Gasteiger partial charge on any atom is 0.264 e. The van der Waals surface area contributed by atoms with E-state index in [2.05, 4.69) is 10.3 Å². The van der Waals surface area contributed by atoms with Crippen LogP contribution in [0.15, 0.2) is 23.7 Å². The highest BCUT2D eigenvalue weighted by atomic mass is 32.1. The number of aryl methyl sites for hydroxylation is 1. The molecule has 0 saturated heterocycles. The van der Waals surface area contributed by atoms with Gasteiger partial charge in [-0.25, -0.2) is 4.98 Å². The van der Waals surface area contributed by atoms with Crippen LogP contribution in [0.2, 0.25) is 0 Å². The Balaban J connectivity index is 1.65. The number of aromatic nitrogens is 1. The number of rotatable bonds is 5. The second kappa shape index (κ2) is 5.95. The van der Waals surface area contributed by atoms with Crippen molar-refractivity contribution in [3.8, 4) is 0 Å². The Morgan fingerprint density at radius 2 is 2.29 bits per heavy atom. The van der Waals surface area contributed by atoms with Crippen LogP contribution in [0, 0.1) is 6.92 Å². The highest BCUT2D eigenvalue weighted by molar-refractivity contribution is 7.15. The number of nitrogens with zero attached hydrogens (tertiary/aromatic N) is 2. The van der Waals surface area contributed by atoms with Crippen molar-refractivity contribution in [2.75, 3.05) is 11.9 Å². The van der Waals surface area contributed by atoms with Gasteiger partial charge < -0.3 is 10.2 Å². The Morgan fingerprint density at radius 1 is 1.48 bits per heavy atom. The molecule has 0 aromatic carbocycles. The summed E-state index contributed by atoms with van der Waals surface area (Å²) in [6.07, 6.45) is 3.66. The summed E-state index contributed by atoms with van der Waals surface area (Å²) in [7, 11) is 0. The molecule has 1 N–H and O–H groups in total. The average Bonchev–Trinajstić information content (AvgIpc) is 2.97. The molecule has 0 aliphatic heterocycles. The highest BCUT2D eigenvalue weighted by Crippen LogP contribution is 2.29. The van der Waals surface area contributed by atoms with Crippen molar-refractivity contribution in [1.82, 2.24) is 9.88 Å². The minimum absolute atomic E-state index is 0.0574. The van der Waals surface area contributed by atoms with Crippen LogP contribution in [0.25, 0.3) is 0 Å². The predicted molar refractivity (Wildman–Crippen MR) is 83.9 cm³/mol. The van der Waals surface area contributed by atoms with Gasteiger partial charge in [-0.15, -0.1) is 22.7 Å². The number of nitrogens with one attached hydrogen (secondary N) is 1. The van der Waals surface area contributed by atoms with E-state index >= 15 is 0 Å². The maximum absolute atomic E-state index is 12.4. The van der Waals surface area contributed by atoms with Crippen LogP contribution >= 0.6 is 22.7 Å². The summed E-state index contributed by atoms with van der Waals surface area (Å²) in [5, 5.41) is 5.21. The van der Waals surface area contributed by atoms with Gasteiger partial charge in [-0.05, 0) is 31.2 Å². The molecule has 0 bridgehead atoms. The Hall–Kier alpha value is -1.73. The van der Waals surface area contributed by atoms with Gasteiger partial charge in [0.1, 0.15) is 6.54 Å². The summed E-state index contributed by atoms with van der Waals surface area (Å²) in [4.78, 5) is 32.0. The molecule has 3 rings (SSSR count). The number of hydrogen-bond donors (Lipinski definition) is 1. The quantitative estimate of drug-likeness (QED) is 0.921. The van der Waals surface area contributed by atoms with Crippen LogP contribution < -0.4 is 5.32 Å². The molecule has 1 saturated carbocycles. The molecule has 5 nitrogen and oxygen atoms in total. The summed E-state index contributed by atoms with van der Waals surface area (Å²) in [5.74, 6) is -0.251. The molecule has 7 heteroatoms. The highest BCUT2D eigenvalue weighted by Gasteiger charge is 2.34. The maximum atomic E-state index is 12.4. The summed E-state index contributed by atoms with van der Waals surface area (Å²) in [6, 6.07) is 3.84. The molecule has 0 atom stereocenters. The van der Waals surface area contributed by atoms with Gasteiger partial charge in [0.05, 0.1) is 4.88 Å². The van der Waals surface area contributed by atoms with Crippen LogP contribution in [0.3, 0.4) is 0 Å². The van der Waals surface area contributed by atoms with E-state index in [1.54, 1.807) is 17.2 Å². The molecule has 2 amide bonds. The third kappa shape index (κ3) is 3.48. The lowest BCUT2D eigenvalue weighted by Gasteiger charge is -2.20. The number of carbonyl (C=O) groups excluding carboxylic acids is 2. The van der Waals surface area contributed by atoms with Gasteiger partial charge in [-0.2, -0.15) is 0 Å². The molecule has 0 spiro atoms. The first kappa shape index (κ1) is 14.2. The van der Waals surface area contributed by atoms with E-state index < -0.39 is 0 Å². The first-order valence-corrected chi connectivity index (χ1v) is 8.40. The fourth-order valence-corrected chi connectivity index (χ4v) is 3.38. The standard InChI is InChI=1S/C14H15N3O2S2/c1-9-7-15-14(21-9)16-12(18)8-17(10-4-5-10)13(19)11-3-2-6-20-11/h2-3,6-7,10H,4-5,8H2,1H3,(H,15,16,18). The normalized spacial score (nSPS) is 14.0. The molecule has 1 aliphatic carbocycles. The molecule has 21 heavy (non-hydrogen) atoms. The second-order valence-electron chi connectivity index (χ2n) is 4.97. The Bertz CT molecular complexity index is 647. The molecule has 0 radical (unpaired) electrons. The van der Waals surface area contributed by atoms with Crippen LogP contribution in [0.4, 0.5) is 5.13 Å². The van der Waals surface area contributed by atoms with E-state index in [-0.39, 0.29) is 24.4 Å². The van der Waals surface area contributed by atoms with Gasteiger partial charge >= 0.3 is 0 Å². The van der Waals surface area contributed by atoms with Crippen molar-refractivity contribution in [2.45, 2.75) is 25.8 Å². The molecule has 2 aromatic heterocycles. The number of anilines is 1. The average molecular weight is 321 g/mol. The van der Waals surface area contributed by atoms with E-state index in [9.17, 15) is 9.59 Å². The lowest BCUT2D eigenvalue weighted by Crippen LogP contribution is -2.39.